The first kappa shape index (κ1) is 14.7. The average Bonchev–Trinajstić information content (AvgIpc) is 2.38. The minimum Gasteiger partial charge on any atom is -0.299 e. The maximum atomic E-state index is 11.6. The maximum absolute atomic E-state index is 11.6. The van der Waals surface area contributed by atoms with Gasteiger partial charge in [-0.3, -0.25) is 4.79 Å². The molecule has 1 rings (SSSR count). The number of carbonyl (C=O) groups is 1. The van der Waals surface area contributed by atoms with Gasteiger partial charge in [-0.2, -0.15) is 0 Å². The third kappa shape index (κ3) is 5.70. The number of hydrogen-bond acceptors (Lipinski definition) is 1. The molecular weight excluding hydrogens is 208 g/mol. The molecule has 0 aromatic rings. The second-order valence-corrected chi connectivity index (χ2v) is 5.74. The average molecular weight is 238 g/mol. The predicted molar refractivity (Wildman–Crippen MR) is 74.1 cm³/mol. The zero-order valence-electron chi connectivity index (χ0n) is 11.8. The molecule has 1 saturated carbocycles. The van der Waals surface area contributed by atoms with Crippen molar-refractivity contribution in [3.63, 3.8) is 0 Å². The summed E-state index contributed by atoms with van der Waals surface area (Å²) in [5.74, 6) is 1.85. The van der Waals surface area contributed by atoms with Crippen LogP contribution in [0.15, 0.2) is 0 Å². The van der Waals surface area contributed by atoms with Gasteiger partial charge in [0.25, 0.3) is 0 Å². The second-order valence-electron chi connectivity index (χ2n) is 5.74. The van der Waals surface area contributed by atoms with Crippen molar-refractivity contribution < 1.29 is 4.79 Å². The van der Waals surface area contributed by atoms with E-state index in [9.17, 15) is 4.79 Å². The van der Waals surface area contributed by atoms with Crippen LogP contribution in [0.4, 0.5) is 0 Å². The van der Waals surface area contributed by atoms with Crippen LogP contribution in [0.3, 0.4) is 0 Å². The van der Waals surface area contributed by atoms with Crippen LogP contribution in [0.25, 0.3) is 0 Å². The first-order chi connectivity index (χ1) is 8.27. The maximum Gasteiger partial charge on any atom is 0.135 e. The Morgan fingerprint density at radius 1 is 0.941 bits per heavy atom. The normalized spacial score (nSPS) is 24.8. The van der Waals surface area contributed by atoms with Gasteiger partial charge in [0.05, 0.1) is 0 Å². The van der Waals surface area contributed by atoms with E-state index < -0.39 is 0 Å². The van der Waals surface area contributed by atoms with Gasteiger partial charge in [-0.05, 0) is 31.6 Å². The van der Waals surface area contributed by atoms with Gasteiger partial charge >= 0.3 is 0 Å². The Balaban J connectivity index is 2.05. The Labute approximate surface area is 107 Å². The Morgan fingerprint density at radius 2 is 1.59 bits per heavy atom. The lowest BCUT2D eigenvalue weighted by molar-refractivity contribution is -0.123. The number of Topliss-reactive ketones (excluding diaryl/α,β-unsaturated/α-hetero) is 1. The van der Waals surface area contributed by atoms with Gasteiger partial charge in [0.15, 0.2) is 0 Å². The van der Waals surface area contributed by atoms with Crippen LogP contribution in [0.2, 0.25) is 0 Å². The first-order valence-electron chi connectivity index (χ1n) is 7.80. The third-order valence-electron chi connectivity index (χ3n) is 4.37. The van der Waals surface area contributed by atoms with E-state index in [1.807, 2.05) is 6.92 Å². The monoisotopic (exact) mass is 238 g/mol. The number of unbranched alkanes of at least 4 members (excludes halogenated alkanes) is 4. The molecule has 0 aromatic carbocycles. The van der Waals surface area contributed by atoms with Crippen LogP contribution in [-0.4, -0.2) is 5.78 Å². The van der Waals surface area contributed by atoms with Crippen molar-refractivity contribution in [2.45, 2.75) is 84.5 Å². The fraction of sp³-hybridized carbons (Fsp3) is 0.938. The molecule has 0 aliphatic heterocycles. The van der Waals surface area contributed by atoms with E-state index in [1.54, 1.807) is 0 Å². The molecule has 0 N–H and O–H groups in total. The van der Waals surface area contributed by atoms with Crippen molar-refractivity contribution in [3.8, 4) is 0 Å². The summed E-state index contributed by atoms with van der Waals surface area (Å²) in [5.41, 5.74) is 0. The molecule has 0 amide bonds. The summed E-state index contributed by atoms with van der Waals surface area (Å²) in [6.07, 6.45) is 14.1. The largest absolute Gasteiger partial charge is 0.299 e. The first-order valence-corrected chi connectivity index (χ1v) is 7.80. The molecular formula is C16H30O. The summed E-state index contributed by atoms with van der Waals surface area (Å²) in [4.78, 5) is 11.6. The molecule has 1 fully saturated rings. The SMILES string of the molecule is CCCCCCCC1CCC(C(=O)CC)CC1. The van der Waals surface area contributed by atoms with E-state index in [2.05, 4.69) is 6.92 Å². The van der Waals surface area contributed by atoms with Crippen molar-refractivity contribution in [2.75, 3.05) is 0 Å². The number of ketones is 1. The molecule has 0 unspecified atom stereocenters. The van der Waals surface area contributed by atoms with Crippen LogP contribution < -0.4 is 0 Å². The van der Waals surface area contributed by atoms with Crippen LogP contribution in [0.1, 0.15) is 84.5 Å². The highest BCUT2D eigenvalue weighted by atomic mass is 16.1. The van der Waals surface area contributed by atoms with Crippen molar-refractivity contribution >= 4 is 5.78 Å². The molecule has 0 heterocycles. The molecule has 0 atom stereocenters. The Kier molecular flexibility index (Phi) is 7.55. The van der Waals surface area contributed by atoms with Gasteiger partial charge in [0, 0.05) is 12.3 Å². The Hall–Kier alpha value is -0.330. The van der Waals surface area contributed by atoms with Crippen molar-refractivity contribution in [1.29, 1.82) is 0 Å². The molecule has 17 heavy (non-hydrogen) atoms. The van der Waals surface area contributed by atoms with E-state index in [-0.39, 0.29) is 0 Å². The molecule has 1 aliphatic rings. The van der Waals surface area contributed by atoms with Crippen LogP contribution in [0, 0.1) is 11.8 Å². The smallest absolute Gasteiger partial charge is 0.135 e. The van der Waals surface area contributed by atoms with Crippen molar-refractivity contribution in [2.24, 2.45) is 11.8 Å². The standard InChI is InChI=1S/C16H30O/c1-3-5-6-7-8-9-14-10-12-15(13-11-14)16(17)4-2/h14-15H,3-13H2,1-2H3. The lowest BCUT2D eigenvalue weighted by Gasteiger charge is -2.27. The summed E-state index contributed by atoms with van der Waals surface area (Å²) < 4.78 is 0. The summed E-state index contributed by atoms with van der Waals surface area (Å²) in [5, 5.41) is 0. The minimum absolute atomic E-state index is 0.413. The fourth-order valence-electron chi connectivity index (χ4n) is 3.10. The zero-order chi connectivity index (χ0) is 12.5. The molecule has 1 heteroatoms. The van der Waals surface area contributed by atoms with Gasteiger partial charge in [0.1, 0.15) is 5.78 Å². The van der Waals surface area contributed by atoms with Crippen LogP contribution >= 0.6 is 0 Å². The summed E-state index contributed by atoms with van der Waals surface area (Å²) >= 11 is 0. The Morgan fingerprint density at radius 3 is 2.18 bits per heavy atom. The number of carbonyl (C=O) groups excluding carboxylic acids is 1. The quantitative estimate of drug-likeness (QED) is 0.536. The molecule has 1 nitrogen and oxygen atoms in total. The third-order valence-corrected chi connectivity index (χ3v) is 4.37. The Bertz CT molecular complexity index is 202. The van der Waals surface area contributed by atoms with Crippen molar-refractivity contribution in [1.82, 2.24) is 0 Å². The molecule has 0 saturated heterocycles. The molecule has 100 valence electrons. The number of rotatable bonds is 8. The van der Waals surface area contributed by atoms with E-state index in [1.165, 1.54) is 64.2 Å². The van der Waals surface area contributed by atoms with E-state index in [0.29, 0.717) is 11.7 Å². The molecule has 0 radical (unpaired) electrons. The van der Waals surface area contributed by atoms with Crippen LogP contribution in [0.5, 0.6) is 0 Å². The lowest BCUT2D eigenvalue weighted by atomic mass is 9.77. The highest BCUT2D eigenvalue weighted by Crippen LogP contribution is 2.32. The molecule has 0 aromatic heterocycles. The number of hydrogen-bond donors (Lipinski definition) is 0. The molecule has 1 aliphatic carbocycles. The summed E-state index contributed by atoms with van der Waals surface area (Å²) in [6, 6.07) is 0. The van der Waals surface area contributed by atoms with Gasteiger partial charge in [-0.15, -0.1) is 0 Å². The van der Waals surface area contributed by atoms with E-state index in [4.69, 9.17) is 0 Å². The molecule has 0 spiro atoms. The predicted octanol–water partition coefficient (Wildman–Crippen LogP) is 5.13. The second kappa shape index (κ2) is 8.72. The minimum atomic E-state index is 0.413. The van der Waals surface area contributed by atoms with Gasteiger partial charge < -0.3 is 0 Å². The van der Waals surface area contributed by atoms with E-state index in [0.717, 1.165) is 12.3 Å². The van der Waals surface area contributed by atoms with Gasteiger partial charge in [0.2, 0.25) is 0 Å². The highest BCUT2D eigenvalue weighted by Gasteiger charge is 2.24. The van der Waals surface area contributed by atoms with Gasteiger partial charge in [-0.1, -0.05) is 52.4 Å². The van der Waals surface area contributed by atoms with Crippen LogP contribution in [-0.2, 0) is 4.79 Å². The summed E-state index contributed by atoms with van der Waals surface area (Å²) in [6.45, 7) is 4.27. The van der Waals surface area contributed by atoms with Crippen molar-refractivity contribution in [3.05, 3.63) is 0 Å². The molecule has 0 bridgehead atoms. The zero-order valence-corrected chi connectivity index (χ0v) is 11.8. The topological polar surface area (TPSA) is 17.1 Å². The van der Waals surface area contributed by atoms with E-state index >= 15 is 0 Å². The summed E-state index contributed by atoms with van der Waals surface area (Å²) in [7, 11) is 0. The van der Waals surface area contributed by atoms with Gasteiger partial charge in [-0.25, -0.2) is 0 Å². The lowest BCUT2D eigenvalue weighted by Crippen LogP contribution is -2.21. The highest BCUT2D eigenvalue weighted by molar-refractivity contribution is 5.80. The fourth-order valence-corrected chi connectivity index (χ4v) is 3.10.